The van der Waals surface area contributed by atoms with E-state index in [0.29, 0.717) is 0 Å². The summed E-state index contributed by atoms with van der Waals surface area (Å²) in [4.78, 5) is 8.11. The fourth-order valence-corrected chi connectivity index (χ4v) is 0. The number of hydrogen-bond acceptors (Lipinski definition) is 3. The number of nitrogens with zero attached hydrogens (tertiary/aromatic N) is 1. The van der Waals surface area contributed by atoms with Crippen LogP contribution in [0.1, 0.15) is 0 Å². The molecule has 4 nitrogen and oxygen atoms in total. The molecule has 5 heteroatoms. The minimum atomic E-state index is 0. The van der Waals surface area contributed by atoms with Gasteiger partial charge < -0.3 is 11.4 Å². The van der Waals surface area contributed by atoms with Gasteiger partial charge in [0.2, 0.25) is 0 Å². The van der Waals surface area contributed by atoms with Crippen LogP contribution in [0.3, 0.4) is 0 Å². The average Bonchev–Trinajstić information content (AvgIpc) is 0.918. The Balaban J connectivity index is -0.0000000200. The minimum absolute atomic E-state index is 0. The first-order chi connectivity index (χ1) is 1.41. The van der Waals surface area contributed by atoms with Crippen LogP contribution >= 0.6 is 0 Å². The largest absolute Gasteiger partial charge is 0.379 e. The van der Waals surface area contributed by atoms with Crippen molar-refractivity contribution in [3.63, 3.8) is 0 Å². The maximum Gasteiger partial charge on any atom is 0.152 e. The second-order valence-electron chi connectivity index (χ2n) is 0.0816. The van der Waals surface area contributed by atoms with Gasteiger partial charge in [0.25, 0.3) is 0 Å². The van der Waals surface area contributed by atoms with Crippen LogP contribution < -0.4 is 6.15 Å². The fraction of sp³-hybridized carbons (Fsp3) is 0. The Morgan fingerprint density at radius 3 is 1.60 bits per heavy atom. The van der Waals surface area contributed by atoms with Gasteiger partial charge in [-0.25, -0.2) is 0 Å². The molecule has 0 aliphatic rings. The van der Waals surface area contributed by atoms with Gasteiger partial charge in [0.1, 0.15) is 0 Å². The van der Waals surface area contributed by atoms with Gasteiger partial charge in [-0.3, -0.25) is 0 Å². The predicted octanol–water partition coefficient (Wildman–Crippen LogP) is 0.301. The van der Waals surface area contributed by atoms with Crippen LogP contribution in [0.4, 0.5) is 0 Å². The second kappa shape index (κ2) is 36.7. The van der Waals surface area contributed by atoms with Gasteiger partial charge in [-0.2, -0.15) is 0 Å². The van der Waals surface area contributed by atoms with Crippen molar-refractivity contribution in [2.45, 2.75) is 0 Å². The van der Waals surface area contributed by atoms with Gasteiger partial charge in [-0.05, 0) is 0 Å². The zero-order chi connectivity index (χ0) is 2.71. The van der Waals surface area contributed by atoms with E-state index in [1.54, 1.807) is 0 Å². The van der Waals surface area contributed by atoms with Crippen molar-refractivity contribution in [2.75, 3.05) is 0 Å². The summed E-state index contributed by atoms with van der Waals surface area (Å²) >= 11 is 0. The van der Waals surface area contributed by atoms with Crippen molar-refractivity contribution in [1.82, 2.24) is 6.15 Å². The standard InChI is InChI=1S/HNO2.H3N.Rh/c2-1-3;;/h(H,2,3);1H3;. The van der Waals surface area contributed by atoms with Crippen LogP contribution in [0, 0.1) is 4.91 Å². The Morgan fingerprint density at radius 2 is 1.60 bits per heavy atom. The summed E-state index contributed by atoms with van der Waals surface area (Å²) in [6.45, 7) is 0. The molecule has 35 valence electrons. The van der Waals surface area contributed by atoms with Crippen molar-refractivity contribution in [3.05, 3.63) is 4.91 Å². The molecule has 0 atom stereocenters. The molecule has 0 rings (SSSR count). The zero-order valence-corrected chi connectivity index (χ0v) is 3.98. The van der Waals surface area contributed by atoms with Crippen molar-refractivity contribution in [3.8, 4) is 0 Å². The van der Waals surface area contributed by atoms with E-state index in [1.807, 2.05) is 0 Å². The summed E-state index contributed by atoms with van der Waals surface area (Å²) in [5.74, 6) is 0. The molecule has 0 spiro atoms. The van der Waals surface area contributed by atoms with Gasteiger partial charge in [0.05, 0.1) is 0 Å². The fourth-order valence-electron chi connectivity index (χ4n) is 0. The van der Waals surface area contributed by atoms with Crippen molar-refractivity contribution >= 4 is 0 Å². The summed E-state index contributed by atoms with van der Waals surface area (Å²) in [7, 11) is 0. The smallest absolute Gasteiger partial charge is 0.152 e. The molecule has 1 radical (unpaired) electrons. The number of hydrogen-bond donors (Lipinski definition) is 2. The monoisotopic (exact) mass is 167 g/mol. The van der Waals surface area contributed by atoms with Gasteiger partial charge in [0, 0.05) is 19.5 Å². The molecule has 0 saturated carbocycles. The molecular weight excluding hydrogens is 163 g/mol. The Kier molecular flexibility index (Phi) is 147. The average molecular weight is 167 g/mol. The second-order valence-corrected chi connectivity index (χ2v) is 0.0816. The molecule has 5 heavy (non-hydrogen) atoms. The summed E-state index contributed by atoms with van der Waals surface area (Å²) < 4.78 is 0. The first kappa shape index (κ1) is 20.1. The van der Waals surface area contributed by atoms with E-state index in [1.165, 1.54) is 5.34 Å². The van der Waals surface area contributed by atoms with Crippen molar-refractivity contribution < 1.29 is 24.7 Å². The van der Waals surface area contributed by atoms with Crippen molar-refractivity contribution in [2.24, 2.45) is 5.34 Å². The van der Waals surface area contributed by atoms with E-state index in [9.17, 15) is 0 Å². The molecule has 0 aromatic rings. The van der Waals surface area contributed by atoms with Gasteiger partial charge in [-0.1, -0.05) is 0 Å². The SMILES string of the molecule is N.O=NO.[Rh]. The molecular formula is H4N2O2Rh. The maximum absolute atomic E-state index is 8.11. The van der Waals surface area contributed by atoms with Gasteiger partial charge in [0.15, 0.2) is 5.34 Å². The number of rotatable bonds is 0. The molecule has 0 aliphatic heterocycles. The summed E-state index contributed by atoms with van der Waals surface area (Å²) in [5.41, 5.74) is 0. The third kappa shape index (κ3) is 56700. The maximum atomic E-state index is 8.11. The first-order valence-electron chi connectivity index (χ1n) is 0.383. The predicted molar refractivity (Wildman–Crippen MR) is 12.6 cm³/mol. The van der Waals surface area contributed by atoms with Crippen LogP contribution in [0.15, 0.2) is 5.34 Å². The van der Waals surface area contributed by atoms with Crippen molar-refractivity contribution in [1.29, 1.82) is 0 Å². The Morgan fingerprint density at radius 1 is 1.60 bits per heavy atom. The van der Waals surface area contributed by atoms with Crippen LogP contribution in [-0.4, -0.2) is 5.21 Å². The van der Waals surface area contributed by atoms with Crippen LogP contribution in [-0.2, 0) is 19.5 Å². The third-order valence-corrected chi connectivity index (χ3v) is 0. The molecule has 0 amide bonds. The van der Waals surface area contributed by atoms with Crippen LogP contribution in [0.25, 0.3) is 0 Å². The van der Waals surface area contributed by atoms with E-state index in [0.717, 1.165) is 0 Å². The van der Waals surface area contributed by atoms with E-state index in [4.69, 9.17) is 10.1 Å². The molecule has 0 bridgehead atoms. The quantitative estimate of drug-likeness (QED) is 0.309. The summed E-state index contributed by atoms with van der Waals surface area (Å²) in [6, 6.07) is 0. The molecule has 0 aliphatic carbocycles. The van der Waals surface area contributed by atoms with Crippen LogP contribution in [0.5, 0.6) is 0 Å². The topological polar surface area (TPSA) is 84.7 Å². The Bertz CT molecular complexity index is 15.1. The van der Waals surface area contributed by atoms with Crippen LogP contribution in [0.2, 0.25) is 0 Å². The van der Waals surface area contributed by atoms with E-state index < -0.39 is 0 Å². The molecule has 0 heterocycles. The third-order valence-electron chi connectivity index (χ3n) is 0. The first-order valence-corrected chi connectivity index (χ1v) is 0.383. The molecule has 4 N–H and O–H groups in total. The molecule has 0 unspecified atom stereocenters. The van der Waals surface area contributed by atoms with Gasteiger partial charge in [-0.15, -0.1) is 4.91 Å². The van der Waals surface area contributed by atoms with E-state index >= 15 is 0 Å². The van der Waals surface area contributed by atoms with E-state index in [2.05, 4.69) is 0 Å². The Hall–Kier alpha value is -0.0166. The summed E-state index contributed by atoms with van der Waals surface area (Å²) in [6.07, 6.45) is 0. The molecule has 0 saturated heterocycles. The normalized spacial score (nSPS) is 2.40. The Labute approximate surface area is 41.8 Å². The zero-order valence-electron chi connectivity index (χ0n) is 2.34. The molecule has 0 fully saturated rings. The molecule has 0 aromatic carbocycles. The van der Waals surface area contributed by atoms with Gasteiger partial charge >= 0.3 is 0 Å². The minimum Gasteiger partial charge on any atom is -0.379 e. The summed E-state index contributed by atoms with van der Waals surface area (Å²) in [5, 5.41) is 7.89. The van der Waals surface area contributed by atoms with E-state index in [-0.39, 0.29) is 25.6 Å². The molecule has 0 aromatic heterocycles.